The van der Waals surface area contributed by atoms with E-state index in [4.69, 9.17) is 14.7 Å². The van der Waals surface area contributed by atoms with Crippen LogP contribution in [0.15, 0.2) is 47.2 Å². The highest BCUT2D eigenvalue weighted by atomic mass is 16.5. The van der Waals surface area contributed by atoms with Gasteiger partial charge >= 0.3 is 0 Å². The molecule has 0 aromatic heterocycles. The fourth-order valence-electron chi connectivity index (χ4n) is 1.53. The number of allylic oxidation sites excluding steroid dienone is 3. The Morgan fingerprint density at radius 2 is 1.75 bits per heavy atom. The third kappa shape index (κ3) is 5.62. The van der Waals surface area contributed by atoms with Crippen LogP contribution in [0.1, 0.15) is 33.3 Å². The van der Waals surface area contributed by atoms with Crippen molar-refractivity contribution in [3.05, 3.63) is 52.8 Å². The van der Waals surface area contributed by atoms with Crippen molar-refractivity contribution < 1.29 is 9.47 Å². The molecule has 1 aromatic rings. The summed E-state index contributed by atoms with van der Waals surface area (Å²) in [6.07, 6.45) is 2.02. The molecule has 0 fully saturated rings. The molecule has 1 rings (SSSR count). The van der Waals surface area contributed by atoms with Crippen LogP contribution in [0.25, 0.3) is 0 Å². The Balaban J connectivity index is 2.43. The van der Waals surface area contributed by atoms with Gasteiger partial charge in [-0.05, 0) is 63.6 Å². The topological polar surface area (TPSA) is 42.2 Å². The lowest BCUT2D eigenvalue weighted by Crippen LogP contribution is -2.06. The molecule has 0 spiro atoms. The van der Waals surface area contributed by atoms with Crippen LogP contribution in [-0.4, -0.2) is 13.2 Å². The Bertz CT molecular complexity index is 525. The van der Waals surface area contributed by atoms with Gasteiger partial charge in [0, 0.05) is 0 Å². The first kappa shape index (κ1) is 15.8. The highest BCUT2D eigenvalue weighted by Gasteiger charge is 1.99. The number of hydrogen-bond acceptors (Lipinski definition) is 3. The predicted octanol–water partition coefficient (Wildman–Crippen LogP) is 4.21. The highest BCUT2D eigenvalue weighted by Crippen LogP contribution is 2.13. The summed E-state index contributed by atoms with van der Waals surface area (Å²) in [6.45, 7) is 9.09. The van der Waals surface area contributed by atoms with E-state index < -0.39 is 0 Å². The van der Waals surface area contributed by atoms with E-state index in [9.17, 15) is 0 Å². The summed E-state index contributed by atoms with van der Waals surface area (Å²) in [5.41, 5.74) is 2.97. The Hall–Kier alpha value is -2.21. The fourth-order valence-corrected chi connectivity index (χ4v) is 1.53. The first-order chi connectivity index (χ1) is 9.52. The summed E-state index contributed by atoms with van der Waals surface area (Å²) in [6, 6.07) is 9.12. The molecule has 0 saturated carbocycles. The summed E-state index contributed by atoms with van der Waals surface area (Å²) in [7, 11) is 0. The van der Waals surface area contributed by atoms with Gasteiger partial charge < -0.3 is 9.47 Å². The van der Waals surface area contributed by atoms with E-state index in [-0.39, 0.29) is 0 Å². The van der Waals surface area contributed by atoms with Crippen molar-refractivity contribution in [3.8, 4) is 11.8 Å². The number of rotatable bonds is 6. The molecule has 1 aromatic carbocycles. The fraction of sp³-hybridized carbons (Fsp3) is 0.353. The Kier molecular flexibility index (Phi) is 6.39. The minimum Gasteiger partial charge on any atom is -0.490 e. The second kappa shape index (κ2) is 8.06. The molecule has 0 radical (unpaired) electrons. The third-order valence-corrected chi connectivity index (χ3v) is 2.51. The lowest BCUT2D eigenvalue weighted by atomic mass is 10.2. The van der Waals surface area contributed by atoms with Gasteiger partial charge in [0.25, 0.3) is 0 Å². The second-order valence-corrected chi connectivity index (χ2v) is 4.92. The minimum absolute atomic E-state index is 0.472. The van der Waals surface area contributed by atoms with Crippen molar-refractivity contribution >= 4 is 0 Å². The van der Waals surface area contributed by atoms with Crippen molar-refractivity contribution in [2.45, 2.75) is 27.7 Å². The van der Waals surface area contributed by atoms with Gasteiger partial charge in [-0.3, -0.25) is 0 Å². The van der Waals surface area contributed by atoms with Crippen LogP contribution in [0.4, 0.5) is 0 Å². The van der Waals surface area contributed by atoms with Crippen LogP contribution < -0.4 is 4.74 Å². The van der Waals surface area contributed by atoms with Crippen LogP contribution in [-0.2, 0) is 4.74 Å². The van der Waals surface area contributed by atoms with Crippen molar-refractivity contribution in [1.29, 1.82) is 5.26 Å². The van der Waals surface area contributed by atoms with Crippen LogP contribution >= 0.6 is 0 Å². The molecule has 0 bridgehead atoms. The van der Waals surface area contributed by atoms with E-state index in [2.05, 4.69) is 6.07 Å². The van der Waals surface area contributed by atoms with Crippen LogP contribution in [0.3, 0.4) is 0 Å². The molecule has 0 unspecified atom stereocenters. The molecule has 0 aliphatic rings. The predicted molar refractivity (Wildman–Crippen MR) is 80.4 cm³/mol. The molecular weight excluding hydrogens is 250 g/mol. The van der Waals surface area contributed by atoms with E-state index in [1.165, 1.54) is 5.57 Å². The van der Waals surface area contributed by atoms with E-state index in [1.807, 2.05) is 33.8 Å². The number of nitriles is 1. The molecule has 0 aliphatic carbocycles. The maximum atomic E-state index is 8.71. The number of hydrogen-bond donors (Lipinski definition) is 0. The van der Waals surface area contributed by atoms with Crippen LogP contribution in [0.5, 0.6) is 5.75 Å². The van der Waals surface area contributed by atoms with Crippen molar-refractivity contribution in [2.24, 2.45) is 0 Å². The van der Waals surface area contributed by atoms with E-state index in [1.54, 1.807) is 24.3 Å². The molecule has 0 N–H and O–H groups in total. The first-order valence-electron chi connectivity index (χ1n) is 6.61. The molecule has 0 heterocycles. The van der Waals surface area contributed by atoms with Gasteiger partial charge in [0.1, 0.15) is 24.7 Å². The lowest BCUT2D eigenvalue weighted by Gasteiger charge is -2.11. The van der Waals surface area contributed by atoms with Crippen molar-refractivity contribution in [3.63, 3.8) is 0 Å². The largest absolute Gasteiger partial charge is 0.490 e. The normalized spacial score (nSPS) is 9.35. The molecule has 20 heavy (non-hydrogen) atoms. The molecule has 106 valence electrons. The van der Waals surface area contributed by atoms with Crippen molar-refractivity contribution in [2.75, 3.05) is 13.2 Å². The number of benzene rings is 1. The average molecular weight is 271 g/mol. The quantitative estimate of drug-likeness (QED) is 0.442. The monoisotopic (exact) mass is 271 g/mol. The molecule has 0 saturated heterocycles. The minimum atomic E-state index is 0.472. The lowest BCUT2D eigenvalue weighted by molar-refractivity contribution is 0.162. The van der Waals surface area contributed by atoms with Crippen LogP contribution in [0, 0.1) is 11.3 Å². The average Bonchev–Trinajstić information content (AvgIpc) is 2.42. The van der Waals surface area contributed by atoms with Gasteiger partial charge in [0.05, 0.1) is 11.6 Å². The number of ether oxygens (including phenoxy) is 2. The van der Waals surface area contributed by atoms with Gasteiger partial charge in [-0.2, -0.15) is 5.26 Å². The summed E-state index contributed by atoms with van der Waals surface area (Å²) in [5, 5.41) is 8.71. The van der Waals surface area contributed by atoms with Gasteiger partial charge in [0.15, 0.2) is 0 Å². The molecular formula is C17H21NO2. The SMILES string of the molecule is CC(C)=CC(OCCOc1ccc(C#N)cc1)=C(C)C. The number of nitrogens with zero attached hydrogens (tertiary/aromatic N) is 1. The summed E-state index contributed by atoms with van der Waals surface area (Å²) in [4.78, 5) is 0. The highest BCUT2D eigenvalue weighted by molar-refractivity contribution is 5.34. The van der Waals surface area contributed by atoms with E-state index in [0.29, 0.717) is 18.8 Å². The maximum Gasteiger partial charge on any atom is 0.122 e. The second-order valence-electron chi connectivity index (χ2n) is 4.92. The molecule has 0 aliphatic heterocycles. The van der Waals surface area contributed by atoms with E-state index in [0.717, 1.165) is 17.1 Å². The zero-order chi connectivity index (χ0) is 15.0. The first-order valence-corrected chi connectivity index (χ1v) is 6.61. The Labute approximate surface area is 121 Å². The van der Waals surface area contributed by atoms with Crippen LogP contribution in [0.2, 0.25) is 0 Å². The molecule has 0 atom stereocenters. The van der Waals surface area contributed by atoms with Gasteiger partial charge in [-0.25, -0.2) is 0 Å². The summed E-state index contributed by atoms with van der Waals surface area (Å²) < 4.78 is 11.3. The Morgan fingerprint density at radius 1 is 1.10 bits per heavy atom. The maximum absolute atomic E-state index is 8.71. The molecule has 0 amide bonds. The molecule has 3 heteroatoms. The zero-order valence-corrected chi connectivity index (χ0v) is 12.6. The van der Waals surface area contributed by atoms with Gasteiger partial charge in [-0.1, -0.05) is 5.57 Å². The van der Waals surface area contributed by atoms with Gasteiger partial charge in [-0.15, -0.1) is 0 Å². The molecule has 3 nitrogen and oxygen atoms in total. The smallest absolute Gasteiger partial charge is 0.122 e. The van der Waals surface area contributed by atoms with Crippen molar-refractivity contribution in [1.82, 2.24) is 0 Å². The zero-order valence-electron chi connectivity index (χ0n) is 12.6. The summed E-state index contributed by atoms with van der Waals surface area (Å²) in [5.74, 6) is 1.64. The summed E-state index contributed by atoms with van der Waals surface area (Å²) >= 11 is 0. The Morgan fingerprint density at radius 3 is 2.25 bits per heavy atom. The van der Waals surface area contributed by atoms with Gasteiger partial charge in [0.2, 0.25) is 0 Å². The standard InChI is InChI=1S/C17H21NO2/c1-13(2)11-17(14(3)4)20-10-9-19-16-7-5-15(12-18)6-8-16/h5-8,11H,9-10H2,1-4H3. The van der Waals surface area contributed by atoms with E-state index >= 15 is 0 Å². The third-order valence-electron chi connectivity index (χ3n) is 2.51.